The van der Waals surface area contributed by atoms with E-state index in [0.29, 0.717) is 29.9 Å². The summed E-state index contributed by atoms with van der Waals surface area (Å²) in [5.74, 6) is -0.722. The largest absolute Gasteiger partial charge is 0.478 e. The first-order chi connectivity index (χ1) is 11.5. The third-order valence-electron chi connectivity index (χ3n) is 4.73. The van der Waals surface area contributed by atoms with Gasteiger partial charge < -0.3 is 5.11 Å². The van der Waals surface area contributed by atoms with Gasteiger partial charge in [-0.25, -0.2) is 13.2 Å². The molecule has 7 heteroatoms. The number of aromatic nitrogens is 1. The second-order valence-electron chi connectivity index (χ2n) is 6.46. The summed E-state index contributed by atoms with van der Waals surface area (Å²) in [4.78, 5) is 16.3. The molecule has 1 N–H and O–H groups in total. The lowest BCUT2D eigenvalue weighted by atomic mass is 10.1. The van der Waals surface area contributed by atoms with Gasteiger partial charge in [0, 0.05) is 30.1 Å². The highest BCUT2D eigenvalue weighted by Crippen LogP contribution is 2.40. The number of fused-ring (bicyclic) bond motifs is 1. The molecule has 1 aliphatic carbocycles. The molecule has 1 aromatic carbocycles. The highest BCUT2D eigenvalue weighted by molar-refractivity contribution is 7.89. The summed E-state index contributed by atoms with van der Waals surface area (Å²) < 4.78 is 26.9. The standard InChI is InChI=1S/C17H18N2O4S/c20-17(21)14-10-16(11-3-4-11)18-15-6-5-12(9-13(14)15)24(22,23)19-7-1-2-8-19/h5-6,9-11H,1-4,7-8H2,(H,20,21). The Morgan fingerprint density at radius 2 is 1.88 bits per heavy atom. The number of sulfonamides is 1. The second-order valence-corrected chi connectivity index (χ2v) is 8.40. The van der Waals surface area contributed by atoms with Gasteiger partial charge in [0.15, 0.2) is 0 Å². The lowest BCUT2D eigenvalue weighted by molar-refractivity contribution is 0.0699. The van der Waals surface area contributed by atoms with Crippen LogP contribution in [0.1, 0.15) is 47.7 Å². The van der Waals surface area contributed by atoms with E-state index in [0.717, 1.165) is 31.4 Å². The van der Waals surface area contributed by atoms with Gasteiger partial charge in [-0.2, -0.15) is 4.31 Å². The molecular weight excluding hydrogens is 328 g/mol. The first-order valence-electron chi connectivity index (χ1n) is 8.15. The average Bonchev–Trinajstić information content (AvgIpc) is 3.26. The Bertz CT molecular complexity index is 929. The highest BCUT2D eigenvalue weighted by atomic mass is 32.2. The van der Waals surface area contributed by atoms with Gasteiger partial charge in [-0.1, -0.05) is 0 Å². The monoisotopic (exact) mass is 346 g/mol. The molecule has 2 heterocycles. The summed E-state index contributed by atoms with van der Waals surface area (Å²) in [6, 6.07) is 6.20. The first kappa shape index (κ1) is 15.5. The molecule has 24 heavy (non-hydrogen) atoms. The van der Waals surface area contributed by atoms with Crippen molar-refractivity contribution in [2.45, 2.75) is 36.5 Å². The number of hydrogen-bond donors (Lipinski definition) is 1. The lowest BCUT2D eigenvalue weighted by Gasteiger charge is -2.16. The van der Waals surface area contributed by atoms with Crippen LogP contribution in [0.15, 0.2) is 29.2 Å². The maximum Gasteiger partial charge on any atom is 0.336 e. The normalized spacial score (nSPS) is 19.0. The Labute approximate surface area is 140 Å². The van der Waals surface area contributed by atoms with Crippen molar-refractivity contribution < 1.29 is 18.3 Å². The molecule has 0 bridgehead atoms. The fourth-order valence-corrected chi connectivity index (χ4v) is 4.77. The molecule has 126 valence electrons. The lowest BCUT2D eigenvalue weighted by Crippen LogP contribution is -2.27. The number of hydrogen-bond acceptors (Lipinski definition) is 4. The molecule has 1 saturated heterocycles. The zero-order chi connectivity index (χ0) is 16.9. The topological polar surface area (TPSA) is 87.6 Å². The SMILES string of the molecule is O=C(O)c1cc(C2CC2)nc2ccc(S(=O)(=O)N3CCCC3)cc12. The number of nitrogens with zero attached hydrogens (tertiary/aromatic N) is 2. The molecule has 2 aromatic rings. The van der Waals surface area contributed by atoms with Crippen LogP contribution in [0.5, 0.6) is 0 Å². The van der Waals surface area contributed by atoms with Crippen molar-refractivity contribution in [3.05, 3.63) is 35.5 Å². The van der Waals surface area contributed by atoms with Gasteiger partial charge >= 0.3 is 5.97 Å². The molecule has 0 spiro atoms. The van der Waals surface area contributed by atoms with Crippen LogP contribution in [-0.2, 0) is 10.0 Å². The van der Waals surface area contributed by atoms with E-state index < -0.39 is 16.0 Å². The van der Waals surface area contributed by atoms with Gasteiger partial charge in [-0.05, 0) is 49.9 Å². The molecule has 1 saturated carbocycles. The van der Waals surface area contributed by atoms with E-state index in [1.54, 1.807) is 12.1 Å². The zero-order valence-corrected chi connectivity index (χ0v) is 13.9. The molecular formula is C17H18N2O4S. The molecule has 0 atom stereocenters. The van der Waals surface area contributed by atoms with E-state index in [2.05, 4.69) is 4.98 Å². The predicted molar refractivity (Wildman–Crippen MR) is 88.7 cm³/mol. The van der Waals surface area contributed by atoms with E-state index in [1.165, 1.54) is 16.4 Å². The number of carbonyl (C=O) groups is 1. The molecule has 2 fully saturated rings. The Kier molecular flexibility index (Phi) is 3.58. The molecule has 1 aromatic heterocycles. The summed E-state index contributed by atoms with van der Waals surface area (Å²) in [6.45, 7) is 1.04. The van der Waals surface area contributed by atoms with Crippen LogP contribution in [0.3, 0.4) is 0 Å². The van der Waals surface area contributed by atoms with Crippen molar-refractivity contribution in [2.75, 3.05) is 13.1 Å². The van der Waals surface area contributed by atoms with Crippen LogP contribution < -0.4 is 0 Å². The van der Waals surface area contributed by atoms with Crippen molar-refractivity contribution in [2.24, 2.45) is 0 Å². The number of aromatic carboxylic acids is 1. The molecule has 0 amide bonds. The third-order valence-corrected chi connectivity index (χ3v) is 6.62. The van der Waals surface area contributed by atoms with E-state index in [4.69, 9.17) is 0 Å². The molecule has 2 aliphatic rings. The number of carboxylic acids is 1. The van der Waals surface area contributed by atoms with Gasteiger partial charge in [0.1, 0.15) is 0 Å². The third kappa shape index (κ3) is 2.57. The molecule has 4 rings (SSSR count). The van der Waals surface area contributed by atoms with Gasteiger partial charge in [0.25, 0.3) is 0 Å². The quantitative estimate of drug-likeness (QED) is 0.919. The van der Waals surface area contributed by atoms with Crippen molar-refractivity contribution in [3.63, 3.8) is 0 Å². The molecule has 0 unspecified atom stereocenters. The predicted octanol–water partition coefficient (Wildman–Crippen LogP) is 2.59. The summed E-state index contributed by atoms with van der Waals surface area (Å²) in [7, 11) is -3.57. The van der Waals surface area contributed by atoms with Gasteiger partial charge in [0.05, 0.1) is 16.0 Å². The minimum Gasteiger partial charge on any atom is -0.478 e. The molecule has 6 nitrogen and oxygen atoms in total. The second kappa shape index (κ2) is 5.53. The fraction of sp³-hybridized carbons (Fsp3) is 0.412. The fourth-order valence-electron chi connectivity index (χ4n) is 3.23. The number of carboxylic acid groups (broad SMARTS) is 1. The van der Waals surface area contributed by atoms with Crippen LogP contribution >= 0.6 is 0 Å². The highest BCUT2D eigenvalue weighted by Gasteiger charge is 2.29. The number of benzene rings is 1. The summed E-state index contributed by atoms with van der Waals surface area (Å²) in [5.41, 5.74) is 1.45. The van der Waals surface area contributed by atoms with Crippen molar-refractivity contribution in [3.8, 4) is 0 Å². The maximum absolute atomic E-state index is 12.7. The van der Waals surface area contributed by atoms with Crippen LogP contribution in [0.2, 0.25) is 0 Å². The maximum atomic E-state index is 12.7. The van der Waals surface area contributed by atoms with E-state index in [9.17, 15) is 18.3 Å². The van der Waals surface area contributed by atoms with Crippen LogP contribution in [0.4, 0.5) is 0 Å². The molecule has 1 aliphatic heterocycles. The van der Waals surface area contributed by atoms with Crippen molar-refractivity contribution in [1.82, 2.24) is 9.29 Å². The zero-order valence-electron chi connectivity index (χ0n) is 13.1. The van der Waals surface area contributed by atoms with E-state index >= 15 is 0 Å². The van der Waals surface area contributed by atoms with Crippen LogP contribution in [-0.4, -0.2) is 41.9 Å². The number of rotatable bonds is 4. The van der Waals surface area contributed by atoms with Crippen molar-refractivity contribution >= 4 is 26.9 Å². The van der Waals surface area contributed by atoms with E-state index in [-0.39, 0.29) is 10.5 Å². The summed E-state index contributed by atoms with van der Waals surface area (Å²) >= 11 is 0. The van der Waals surface area contributed by atoms with Gasteiger partial charge in [-0.15, -0.1) is 0 Å². The first-order valence-corrected chi connectivity index (χ1v) is 9.59. The van der Waals surface area contributed by atoms with Crippen molar-refractivity contribution in [1.29, 1.82) is 0 Å². The van der Waals surface area contributed by atoms with Crippen LogP contribution in [0, 0.1) is 0 Å². The summed E-state index contributed by atoms with van der Waals surface area (Å²) in [6.07, 6.45) is 3.77. The van der Waals surface area contributed by atoms with Crippen LogP contribution in [0.25, 0.3) is 10.9 Å². The minimum absolute atomic E-state index is 0.125. The Morgan fingerprint density at radius 3 is 2.50 bits per heavy atom. The molecule has 0 radical (unpaired) electrons. The van der Waals surface area contributed by atoms with E-state index in [1.807, 2.05) is 0 Å². The minimum atomic E-state index is -3.57. The smallest absolute Gasteiger partial charge is 0.336 e. The van der Waals surface area contributed by atoms with Gasteiger partial charge in [0.2, 0.25) is 10.0 Å². The Balaban J connectivity index is 1.86. The summed E-state index contributed by atoms with van der Waals surface area (Å²) in [5, 5.41) is 9.91. The Morgan fingerprint density at radius 1 is 1.17 bits per heavy atom. The number of pyridine rings is 1. The van der Waals surface area contributed by atoms with Gasteiger partial charge in [-0.3, -0.25) is 4.98 Å². The Hall–Kier alpha value is -1.99. The average molecular weight is 346 g/mol.